The summed E-state index contributed by atoms with van der Waals surface area (Å²) in [6.45, 7) is 6.87. The molecule has 1 aliphatic rings. The van der Waals surface area contributed by atoms with E-state index >= 15 is 0 Å². The van der Waals surface area contributed by atoms with E-state index in [4.69, 9.17) is 4.74 Å². The number of likely N-dealkylation sites (tertiary alicyclic amines) is 1. The average molecular weight is 369 g/mol. The number of benzene rings is 1. The van der Waals surface area contributed by atoms with Gasteiger partial charge < -0.3 is 4.74 Å². The summed E-state index contributed by atoms with van der Waals surface area (Å²) in [6, 6.07) is 7.94. The van der Waals surface area contributed by atoms with Crippen LogP contribution in [-0.4, -0.2) is 33.5 Å². The molecule has 0 bridgehead atoms. The SMILES string of the molecule is Cc1ccc(OC2CCN(Cc3cc(=O)n4ccsc4n3)CC2)cc1C. The number of aromatic nitrogens is 2. The molecular weight excluding hydrogens is 346 g/mol. The predicted octanol–water partition coefficient (Wildman–Crippen LogP) is 3.42. The number of piperidine rings is 1. The van der Waals surface area contributed by atoms with Crippen LogP contribution in [-0.2, 0) is 6.54 Å². The molecule has 1 aliphatic heterocycles. The van der Waals surface area contributed by atoms with Gasteiger partial charge in [-0.2, -0.15) is 0 Å². The lowest BCUT2D eigenvalue weighted by Crippen LogP contribution is -2.38. The Morgan fingerprint density at radius 3 is 2.77 bits per heavy atom. The smallest absolute Gasteiger partial charge is 0.258 e. The van der Waals surface area contributed by atoms with Gasteiger partial charge in [0.2, 0.25) is 0 Å². The van der Waals surface area contributed by atoms with Crippen molar-refractivity contribution in [3.05, 3.63) is 63.0 Å². The zero-order valence-electron chi connectivity index (χ0n) is 15.1. The van der Waals surface area contributed by atoms with Gasteiger partial charge in [-0.3, -0.25) is 14.1 Å². The molecule has 3 aromatic rings. The second-order valence-electron chi connectivity index (χ2n) is 6.98. The van der Waals surface area contributed by atoms with E-state index in [1.54, 1.807) is 16.7 Å². The lowest BCUT2D eigenvalue weighted by Gasteiger charge is -2.32. The third kappa shape index (κ3) is 3.66. The Morgan fingerprint density at radius 1 is 1.19 bits per heavy atom. The lowest BCUT2D eigenvalue weighted by atomic mass is 10.1. The van der Waals surface area contributed by atoms with E-state index in [9.17, 15) is 4.79 Å². The number of aryl methyl sites for hydroxylation is 2. The molecule has 0 unspecified atom stereocenters. The van der Waals surface area contributed by atoms with E-state index in [0.717, 1.165) is 48.9 Å². The number of rotatable bonds is 4. The maximum Gasteiger partial charge on any atom is 0.258 e. The molecule has 6 heteroatoms. The molecule has 1 aromatic carbocycles. The fourth-order valence-electron chi connectivity index (χ4n) is 3.36. The molecule has 0 radical (unpaired) electrons. The van der Waals surface area contributed by atoms with Gasteiger partial charge in [-0.15, -0.1) is 11.3 Å². The predicted molar refractivity (Wildman–Crippen MR) is 104 cm³/mol. The largest absolute Gasteiger partial charge is 0.490 e. The third-order valence-electron chi connectivity index (χ3n) is 5.06. The van der Waals surface area contributed by atoms with Crippen LogP contribution >= 0.6 is 11.3 Å². The van der Waals surface area contributed by atoms with Crippen LogP contribution in [0.4, 0.5) is 0 Å². The number of thiazole rings is 1. The molecule has 136 valence electrons. The number of nitrogens with zero attached hydrogens (tertiary/aromatic N) is 3. The molecule has 2 aromatic heterocycles. The van der Waals surface area contributed by atoms with Crippen LogP contribution in [0.15, 0.2) is 40.6 Å². The summed E-state index contributed by atoms with van der Waals surface area (Å²) in [5.41, 5.74) is 3.41. The highest BCUT2D eigenvalue weighted by Crippen LogP contribution is 2.22. The maximum absolute atomic E-state index is 12.1. The molecule has 4 rings (SSSR count). The number of fused-ring (bicyclic) bond motifs is 1. The summed E-state index contributed by atoms with van der Waals surface area (Å²) in [5, 5.41) is 1.89. The molecule has 1 fully saturated rings. The van der Waals surface area contributed by atoms with E-state index in [1.165, 1.54) is 22.5 Å². The van der Waals surface area contributed by atoms with Crippen molar-refractivity contribution in [1.29, 1.82) is 0 Å². The number of ether oxygens (including phenoxy) is 1. The first-order valence-corrected chi connectivity index (χ1v) is 9.88. The zero-order valence-corrected chi connectivity index (χ0v) is 16.0. The summed E-state index contributed by atoms with van der Waals surface area (Å²) in [4.78, 5) is 19.8. The monoisotopic (exact) mass is 369 g/mol. The zero-order chi connectivity index (χ0) is 18.1. The van der Waals surface area contributed by atoms with Crippen molar-refractivity contribution in [2.75, 3.05) is 13.1 Å². The van der Waals surface area contributed by atoms with Crippen molar-refractivity contribution < 1.29 is 4.74 Å². The minimum absolute atomic E-state index is 0.000731. The molecule has 3 heterocycles. The van der Waals surface area contributed by atoms with Gasteiger partial charge in [-0.25, -0.2) is 4.98 Å². The molecule has 5 nitrogen and oxygen atoms in total. The summed E-state index contributed by atoms with van der Waals surface area (Å²) in [6.07, 6.45) is 4.02. The van der Waals surface area contributed by atoms with Crippen molar-refractivity contribution in [3.8, 4) is 5.75 Å². The van der Waals surface area contributed by atoms with Crippen LogP contribution in [0.2, 0.25) is 0 Å². The first-order valence-electron chi connectivity index (χ1n) is 9.00. The Labute approximate surface area is 156 Å². The Kier molecular flexibility index (Phi) is 4.78. The minimum Gasteiger partial charge on any atom is -0.490 e. The van der Waals surface area contributed by atoms with E-state index in [1.807, 2.05) is 5.38 Å². The lowest BCUT2D eigenvalue weighted by molar-refractivity contribution is 0.0961. The van der Waals surface area contributed by atoms with Gasteiger partial charge in [-0.05, 0) is 49.9 Å². The number of hydrogen-bond donors (Lipinski definition) is 0. The standard InChI is InChI=1S/C20H23N3O2S/c1-14-3-4-18(11-15(14)2)25-17-5-7-22(8-6-17)13-16-12-19(24)23-9-10-26-20(23)21-16/h3-4,9-12,17H,5-8,13H2,1-2H3. The Bertz CT molecular complexity index is 971. The summed E-state index contributed by atoms with van der Waals surface area (Å²) in [7, 11) is 0. The van der Waals surface area contributed by atoms with Crippen molar-refractivity contribution in [2.24, 2.45) is 0 Å². The van der Waals surface area contributed by atoms with E-state index in [-0.39, 0.29) is 11.7 Å². The second-order valence-corrected chi connectivity index (χ2v) is 7.85. The van der Waals surface area contributed by atoms with Crippen LogP contribution in [0.25, 0.3) is 4.96 Å². The van der Waals surface area contributed by atoms with Crippen molar-refractivity contribution in [1.82, 2.24) is 14.3 Å². The summed E-state index contributed by atoms with van der Waals surface area (Å²) >= 11 is 1.49. The van der Waals surface area contributed by atoms with Crippen LogP contribution in [0.1, 0.15) is 29.7 Å². The Morgan fingerprint density at radius 2 is 2.00 bits per heavy atom. The van der Waals surface area contributed by atoms with Gasteiger partial charge >= 0.3 is 0 Å². The van der Waals surface area contributed by atoms with Gasteiger partial charge in [0.05, 0.1) is 5.69 Å². The van der Waals surface area contributed by atoms with Crippen molar-refractivity contribution >= 4 is 16.3 Å². The van der Waals surface area contributed by atoms with E-state index in [2.05, 4.69) is 41.9 Å². The van der Waals surface area contributed by atoms with E-state index < -0.39 is 0 Å². The van der Waals surface area contributed by atoms with Gasteiger partial charge in [0, 0.05) is 37.3 Å². The molecule has 0 aliphatic carbocycles. The molecule has 0 N–H and O–H groups in total. The Hall–Kier alpha value is -2.18. The highest BCUT2D eigenvalue weighted by atomic mass is 32.1. The van der Waals surface area contributed by atoms with Crippen molar-refractivity contribution in [2.45, 2.75) is 39.3 Å². The third-order valence-corrected chi connectivity index (χ3v) is 5.81. The van der Waals surface area contributed by atoms with Gasteiger partial charge in [0.1, 0.15) is 11.9 Å². The molecule has 1 saturated heterocycles. The maximum atomic E-state index is 12.1. The minimum atomic E-state index is -0.000731. The summed E-state index contributed by atoms with van der Waals surface area (Å²) < 4.78 is 7.76. The average Bonchev–Trinajstić information content (AvgIpc) is 3.09. The topological polar surface area (TPSA) is 46.8 Å². The summed E-state index contributed by atoms with van der Waals surface area (Å²) in [5.74, 6) is 0.962. The van der Waals surface area contributed by atoms with Crippen LogP contribution < -0.4 is 10.3 Å². The Balaban J connectivity index is 1.35. The second kappa shape index (κ2) is 7.21. The van der Waals surface area contributed by atoms with Gasteiger partial charge in [-0.1, -0.05) is 6.07 Å². The molecule has 0 spiro atoms. The van der Waals surface area contributed by atoms with E-state index in [0.29, 0.717) is 0 Å². The molecule has 26 heavy (non-hydrogen) atoms. The van der Waals surface area contributed by atoms with Crippen LogP contribution in [0.5, 0.6) is 5.75 Å². The molecular formula is C20H23N3O2S. The molecule has 0 saturated carbocycles. The molecule has 0 atom stereocenters. The fourth-order valence-corrected chi connectivity index (χ4v) is 4.10. The van der Waals surface area contributed by atoms with Gasteiger partial charge in [0.15, 0.2) is 4.96 Å². The number of hydrogen-bond acceptors (Lipinski definition) is 5. The highest BCUT2D eigenvalue weighted by Gasteiger charge is 2.21. The van der Waals surface area contributed by atoms with Crippen molar-refractivity contribution in [3.63, 3.8) is 0 Å². The normalized spacial score (nSPS) is 16.2. The quantitative estimate of drug-likeness (QED) is 0.707. The van der Waals surface area contributed by atoms with Gasteiger partial charge in [0.25, 0.3) is 5.56 Å². The van der Waals surface area contributed by atoms with Crippen LogP contribution in [0, 0.1) is 13.8 Å². The first kappa shape index (κ1) is 17.2. The van der Waals surface area contributed by atoms with Crippen LogP contribution in [0.3, 0.4) is 0 Å². The first-order chi connectivity index (χ1) is 12.6. The fraction of sp³-hybridized carbons (Fsp3) is 0.400. The highest BCUT2D eigenvalue weighted by molar-refractivity contribution is 7.15. The molecule has 0 amide bonds.